The molecule has 1 heterocycles. The lowest BCUT2D eigenvalue weighted by Gasteiger charge is -2.43. The minimum Gasteiger partial charge on any atom is -0.480 e. The Morgan fingerprint density at radius 2 is 2.11 bits per heavy atom. The SMILES string of the molecule is O=C(O)CNC(=O)CN1CCSC2CCCCC21. The van der Waals surface area contributed by atoms with Gasteiger partial charge in [-0.15, -0.1) is 0 Å². The second-order valence-electron chi connectivity index (χ2n) is 4.90. The standard InChI is InChI=1S/C12H20N2O3S/c15-11(13-7-12(16)17)8-14-5-6-18-10-4-2-1-3-9(10)14/h9-10H,1-8H2,(H,13,15)(H,16,17). The molecular weight excluding hydrogens is 252 g/mol. The summed E-state index contributed by atoms with van der Waals surface area (Å²) >= 11 is 2.03. The molecule has 6 heteroatoms. The van der Waals surface area contributed by atoms with Crippen molar-refractivity contribution in [2.45, 2.75) is 37.0 Å². The Kier molecular flexibility index (Phi) is 4.88. The Morgan fingerprint density at radius 1 is 1.33 bits per heavy atom. The maximum absolute atomic E-state index is 11.7. The maximum atomic E-state index is 11.7. The average molecular weight is 272 g/mol. The summed E-state index contributed by atoms with van der Waals surface area (Å²) in [6, 6.07) is 0.507. The number of rotatable bonds is 4. The van der Waals surface area contributed by atoms with Crippen LogP contribution in [0.2, 0.25) is 0 Å². The van der Waals surface area contributed by atoms with Gasteiger partial charge in [-0.2, -0.15) is 11.8 Å². The first-order valence-corrected chi connectivity index (χ1v) is 7.56. The third kappa shape index (κ3) is 3.62. The number of thioether (sulfide) groups is 1. The number of amides is 1. The van der Waals surface area contributed by atoms with Crippen LogP contribution in [0.1, 0.15) is 25.7 Å². The summed E-state index contributed by atoms with van der Waals surface area (Å²) in [6.07, 6.45) is 4.97. The Morgan fingerprint density at radius 3 is 2.89 bits per heavy atom. The molecule has 0 aromatic rings. The van der Waals surface area contributed by atoms with E-state index in [0.717, 1.165) is 12.3 Å². The van der Waals surface area contributed by atoms with E-state index < -0.39 is 5.97 Å². The van der Waals surface area contributed by atoms with E-state index in [0.29, 0.717) is 17.8 Å². The molecule has 0 aromatic carbocycles. The number of aliphatic carboxylic acids is 1. The highest BCUT2D eigenvalue weighted by atomic mass is 32.2. The fourth-order valence-corrected chi connectivity index (χ4v) is 4.29. The summed E-state index contributed by atoms with van der Waals surface area (Å²) in [7, 11) is 0. The van der Waals surface area contributed by atoms with Gasteiger partial charge in [0, 0.05) is 23.6 Å². The molecule has 2 aliphatic rings. The minimum absolute atomic E-state index is 0.173. The van der Waals surface area contributed by atoms with Gasteiger partial charge >= 0.3 is 5.97 Å². The lowest BCUT2D eigenvalue weighted by molar-refractivity contribution is -0.138. The summed E-state index contributed by atoms with van der Waals surface area (Å²) in [4.78, 5) is 24.3. The second kappa shape index (κ2) is 6.43. The summed E-state index contributed by atoms with van der Waals surface area (Å²) in [5.74, 6) is -0.0883. The van der Waals surface area contributed by atoms with Crippen molar-refractivity contribution in [1.82, 2.24) is 10.2 Å². The number of fused-ring (bicyclic) bond motifs is 1. The molecule has 2 atom stereocenters. The number of hydrogen-bond donors (Lipinski definition) is 2. The average Bonchev–Trinajstić information content (AvgIpc) is 2.37. The van der Waals surface area contributed by atoms with Gasteiger partial charge in [-0.05, 0) is 12.8 Å². The molecule has 1 amide bonds. The van der Waals surface area contributed by atoms with Gasteiger partial charge in [0.25, 0.3) is 0 Å². The van der Waals surface area contributed by atoms with E-state index in [1.165, 1.54) is 25.7 Å². The monoisotopic (exact) mass is 272 g/mol. The van der Waals surface area contributed by atoms with Crippen molar-refractivity contribution in [3.8, 4) is 0 Å². The Hall–Kier alpha value is -0.750. The predicted molar refractivity (Wildman–Crippen MR) is 70.7 cm³/mol. The Balaban J connectivity index is 1.83. The van der Waals surface area contributed by atoms with E-state index in [2.05, 4.69) is 10.2 Å². The fraction of sp³-hybridized carbons (Fsp3) is 0.833. The van der Waals surface area contributed by atoms with Gasteiger partial charge in [-0.1, -0.05) is 12.8 Å². The molecular formula is C12H20N2O3S. The lowest BCUT2D eigenvalue weighted by Crippen LogP contribution is -2.52. The molecule has 102 valence electrons. The topological polar surface area (TPSA) is 69.6 Å². The van der Waals surface area contributed by atoms with E-state index in [-0.39, 0.29) is 12.5 Å². The van der Waals surface area contributed by atoms with Crippen LogP contribution >= 0.6 is 11.8 Å². The zero-order valence-corrected chi connectivity index (χ0v) is 11.2. The van der Waals surface area contributed by atoms with Crippen LogP contribution in [-0.4, -0.2) is 58.6 Å². The first-order chi connectivity index (χ1) is 8.66. The number of carbonyl (C=O) groups excluding carboxylic acids is 1. The highest BCUT2D eigenvalue weighted by molar-refractivity contribution is 8.00. The van der Waals surface area contributed by atoms with Crippen molar-refractivity contribution in [3.63, 3.8) is 0 Å². The van der Waals surface area contributed by atoms with Gasteiger partial charge in [0.15, 0.2) is 0 Å². The maximum Gasteiger partial charge on any atom is 0.322 e. The first-order valence-electron chi connectivity index (χ1n) is 6.51. The smallest absolute Gasteiger partial charge is 0.322 e. The van der Waals surface area contributed by atoms with Gasteiger partial charge in [0.1, 0.15) is 6.54 Å². The Bertz CT molecular complexity index is 322. The van der Waals surface area contributed by atoms with Gasteiger partial charge in [-0.3, -0.25) is 14.5 Å². The Labute approximate surface area is 111 Å². The molecule has 1 saturated carbocycles. The van der Waals surface area contributed by atoms with Crippen LogP contribution in [0, 0.1) is 0 Å². The zero-order valence-electron chi connectivity index (χ0n) is 10.4. The minimum atomic E-state index is -0.993. The van der Waals surface area contributed by atoms with Gasteiger partial charge in [0.05, 0.1) is 6.54 Å². The number of nitrogens with zero attached hydrogens (tertiary/aromatic N) is 1. The summed E-state index contributed by atoms with van der Waals surface area (Å²) in [5.41, 5.74) is 0. The van der Waals surface area contributed by atoms with E-state index in [1.807, 2.05) is 11.8 Å². The molecule has 2 rings (SSSR count). The number of nitrogens with one attached hydrogen (secondary N) is 1. The fourth-order valence-electron chi connectivity index (χ4n) is 2.79. The molecule has 0 radical (unpaired) electrons. The molecule has 1 saturated heterocycles. The third-order valence-corrected chi connectivity index (χ3v) is 5.03. The summed E-state index contributed by atoms with van der Waals surface area (Å²) in [6.45, 7) is 0.997. The van der Waals surface area contributed by atoms with Crippen LogP contribution in [0.25, 0.3) is 0 Å². The molecule has 2 N–H and O–H groups in total. The number of carboxylic acid groups (broad SMARTS) is 1. The van der Waals surface area contributed by atoms with E-state index in [9.17, 15) is 9.59 Å². The van der Waals surface area contributed by atoms with Crippen LogP contribution < -0.4 is 5.32 Å². The van der Waals surface area contributed by atoms with Crippen LogP contribution in [-0.2, 0) is 9.59 Å². The number of hydrogen-bond acceptors (Lipinski definition) is 4. The van der Waals surface area contributed by atoms with Crippen LogP contribution in [0.15, 0.2) is 0 Å². The molecule has 5 nitrogen and oxygen atoms in total. The van der Waals surface area contributed by atoms with Crippen molar-refractivity contribution in [3.05, 3.63) is 0 Å². The lowest BCUT2D eigenvalue weighted by atomic mass is 9.93. The normalized spacial score (nSPS) is 28.4. The second-order valence-corrected chi connectivity index (χ2v) is 6.25. The third-order valence-electron chi connectivity index (χ3n) is 3.63. The molecule has 0 bridgehead atoms. The van der Waals surface area contributed by atoms with E-state index in [4.69, 9.17) is 5.11 Å². The highest BCUT2D eigenvalue weighted by Crippen LogP contribution is 2.35. The van der Waals surface area contributed by atoms with E-state index in [1.54, 1.807) is 0 Å². The van der Waals surface area contributed by atoms with E-state index >= 15 is 0 Å². The number of carbonyl (C=O) groups is 2. The quantitative estimate of drug-likeness (QED) is 0.782. The van der Waals surface area contributed by atoms with Crippen LogP contribution in [0.4, 0.5) is 0 Å². The number of carboxylic acids is 1. The van der Waals surface area contributed by atoms with Crippen LogP contribution in [0.5, 0.6) is 0 Å². The molecule has 2 fully saturated rings. The molecule has 0 spiro atoms. The first kappa shape index (κ1) is 13.7. The zero-order chi connectivity index (χ0) is 13.0. The van der Waals surface area contributed by atoms with Crippen molar-refractivity contribution in [2.75, 3.05) is 25.4 Å². The summed E-state index contributed by atoms with van der Waals surface area (Å²) in [5, 5.41) is 11.6. The van der Waals surface area contributed by atoms with Crippen molar-refractivity contribution in [2.24, 2.45) is 0 Å². The summed E-state index contributed by atoms with van der Waals surface area (Å²) < 4.78 is 0. The molecule has 0 aromatic heterocycles. The van der Waals surface area contributed by atoms with Crippen molar-refractivity contribution in [1.29, 1.82) is 0 Å². The van der Waals surface area contributed by atoms with Gasteiger partial charge in [-0.25, -0.2) is 0 Å². The highest BCUT2D eigenvalue weighted by Gasteiger charge is 2.34. The van der Waals surface area contributed by atoms with Crippen LogP contribution in [0.3, 0.4) is 0 Å². The molecule has 18 heavy (non-hydrogen) atoms. The van der Waals surface area contributed by atoms with Crippen molar-refractivity contribution >= 4 is 23.6 Å². The predicted octanol–water partition coefficient (Wildman–Crippen LogP) is 0.547. The van der Waals surface area contributed by atoms with Crippen molar-refractivity contribution < 1.29 is 14.7 Å². The molecule has 1 aliphatic carbocycles. The molecule has 1 aliphatic heterocycles. The van der Waals surface area contributed by atoms with Gasteiger partial charge in [0.2, 0.25) is 5.91 Å². The molecule has 2 unspecified atom stereocenters. The largest absolute Gasteiger partial charge is 0.480 e. The van der Waals surface area contributed by atoms with Gasteiger partial charge < -0.3 is 10.4 Å².